The number of aromatic hydroxyl groups is 1. The standard InChI is InChI=1S/C14H21NO3/c1-11-6-7-12(10-13(11)17)14(18)15(2)8-4-3-5-9-16/h6-7,10,16-17H,3-5,8-9H2,1-2H3. The third kappa shape index (κ3) is 4.04. The Morgan fingerprint density at radius 2 is 2.00 bits per heavy atom. The molecule has 4 heteroatoms. The van der Waals surface area contributed by atoms with Crippen molar-refractivity contribution >= 4 is 5.91 Å². The molecular weight excluding hydrogens is 230 g/mol. The molecule has 0 radical (unpaired) electrons. The number of benzene rings is 1. The molecule has 0 bridgehead atoms. The van der Waals surface area contributed by atoms with Gasteiger partial charge in [0.15, 0.2) is 0 Å². The van der Waals surface area contributed by atoms with Gasteiger partial charge >= 0.3 is 0 Å². The number of phenols is 1. The Labute approximate surface area is 108 Å². The van der Waals surface area contributed by atoms with E-state index in [2.05, 4.69) is 0 Å². The highest BCUT2D eigenvalue weighted by molar-refractivity contribution is 5.94. The zero-order valence-electron chi connectivity index (χ0n) is 11.0. The topological polar surface area (TPSA) is 60.8 Å². The van der Waals surface area contributed by atoms with Crippen LogP contribution in [0.1, 0.15) is 35.2 Å². The molecule has 0 aliphatic heterocycles. The fourth-order valence-electron chi connectivity index (χ4n) is 1.70. The number of rotatable bonds is 6. The first-order valence-corrected chi connectivity index (χ1v) is 6.22. The van der Waals surface area contributed by atoms with E-state index in [0.717, 1.165) is 24.8 Å². The smallest absolute Gasteiger partial charge is 0.253 e. The van der Waals surface area contributed by atoms with E-state index in [1.165, 1.54) is 6.07 Å². The van der Waals surface area contributed by atoms with E-state index in [4.69, 9.17) is 5.11 Å². The molecule has 0 unspecified atom stereocenters. The summed E-state index contributed by atoms with van der Waals surface area (Å²) in [5.74, 6) is 0.0591. The second-order valence-corrected chi connectivity index (χ2v) is 4.51. The number of aliphatic hydroxyl groups excluding tert-OH is 1. The minimum Gasteiger partial charge on any atom is -0.508 e. The normalized spacial score (nSPS) is 10.4. The zero-order chi connectivity index (χ0) is 13.5. The van der Waals surface area contributed by atoms with Crippen LogP contribution in [0.5, 0.6) is 5.75 Å². The van der Waals surface area contributed by atoms with E-state index in [-0.39, 0.29) is 18.3 Å². The predicted octanol–water partition coefficient (Wildman–Crippen LogP) is 1.94. The summed E-state index contributed by atoms with van der Waals surface area (Å²) in [7, 11) is 1.75. The second-order valence-electron chi connectivity index (χ2n) is 4.51. The Hall–Kier alpha value is -1.55. The van der Waals surface area contributed by atoms with Crippen LogP contribution in [0, 0.1) is 6.92 Å². The highest BCUT2D eigenvalue weighted by Crippen LogP contribution is 2.18. The van der Waals surface area contributed by atoms with E-state index in [1.807, 2.05) is 0 Å². The Bertz CT molecular complexity index is 404. The molecule has 1 rings (SSSR count). The summed E-state index contributed by atoms with van der Waals surface area (Å²) in [6.07, 6.45) is 2.56. The fraction of sp³-hybridized carbons (Fsp3) is 0.500. The molecule has 0 saturated heterocycles. The van der Waals surface area contributed by atoms with Crippen LogP contribution in [0.15, 0.2) is 18.2 Å². The first-order chi connectivity index (χ1) is 8.56. The van der Waals surface area contributed by atoms with Crippen molar-refractivity contribution in [3.8, 4) is 5.75 Å². The lowest BCUT2D eigenvalue weighted by Crippen LogP contribution is -2.27. The average Bonchev–Trinajstić information content (AvgIpc) is 2.37. The Morgan fingerprint density at radius 3 is 2.61 bits per heavy atom. The van der Waals surface area contributed by atoms with Crippen molar-refractivity contribution in [1.29, 1.82) is 0 Å². The van der Waals surface area contributed by atoms with Crippen molar-refractivity contribution < 1.29 is 15.0 Å². The maximum atomic E-state index is 12.0. The molecule has 1 aromatic rings. The van der Waals surface area contributed by atoms with Gasteiger partial charge in [-0.2, -0.15) is 0 Å². The lowest BCUT2D eigenvalue weighted by atomic mass is 10.1. The maximum absolute atomic E-state index is 12.0. The van der Waals surface area contributed by atoms with Gasteiger partial charge in [0.25, 0.3) is 5.91 Å². The summed E-state index contributed by atoms with van der Waals surface area (Å²) in [6, 6.07) is 4.96. The van der Waals surface area contributed by atoms with Crippen LogP contribution >= 0.6 is 0 Å². The van der Waals surface area contributed by atoms with Crippen LogP contribution in [0.2, 0.25) is 0 Å². The van der Waals surface area contributed by atoms with Crippen LogP contribution < -0.4 is 0 Å². The minimum absolute atomic E-state index is 0.0886. The van der Waals surface area contributed by atoms with Gasteiger partial charge in [-0.25, -0.2) is 0 Å². The fourth-order valence-corrected chi connectivity index (χ4v) is 1.70. The predicted molar refractivity (Wildman–Crippen MR) is 70.7 cm³/mol. The number of aliphatic hydroxyl groups is 1. The van der Waals surface area contributed by atoms with Gasteiger partial charge in [0.05, 0.1) is 0 Å². The number of phenolic OH excluding ortho intramolecular Hbond substituents is 1. The van der Waals surface area contributed by atoms with Crippen LogP contribution in [0.3, 0.4) is 0 Å². The first kappa shape index (κ1) is 14.5. The van der Waals surface area contributed by atoms with Crippen molar-refractivity contribution in [2.45, 2.75) is 26.2 Å². The van der Waals surface area contributed by atoms with E-state index in [0.29, 0.717) is 12.1 Å². The van der Waals surface area contributed by atoms with Crippen LogP contribution in [-0.4, -0.2) is 41.2 Å². The summed E-state index contributed by atoms with van der Waals surface area (Å²) < 4.78 is 0. The Kier molecular flexibility index (Phi) is 5.65. The van der Waals surface area contributed by atoms with E-state index in [1.54, 1.807) is 31.0 Å². The molecule has 0 aliphatic carbocycles. The van der Waals surface area contributed by atoms with Gasteiger partial charge in [-0.15, -0.1) is 0 Å². The second kappa shape index (κ2) is 7.01. The van der Waals surface area contributed by atoms with E-state index >= 15 is 0 Å². The van der Waals surface area contributed by atoms with Crippen molar-refractivity contribution in [2.24, 2.45) is 0 Å². The number of hydrogen-bond acceptors (Lipinski definition) is 3. The molecule has 1 aromatic carbocycles. The van der Waals surface area contributed by atoms with Gasteiger partial charge in [-0.1, -0.05) is 6.07 Å². The molecule has 0 heterocycles. The molecule has 4 nitrogen and oxygen atoms in total. The van der Waals surface area contributed by atoms with Crippen molar-refractivity contribution in [1.82, 2.24) is 4.90 Å². The maximum Gasteiger partial charge on any atom is 0.253 e. The molecule has 0 fully saturated rings. The molecule has 1 amide bonds. The molecule has 0 atom stereocenters. The highest BCUT2D eigenvalue weighted by atomic mass is 16.3. The number of amides is 1. The van der Waals surface area contributed by atoms with Gasteiger partial charge in [0.1, 0.15) is 5.75 Å². The van der Waals surface area contributed by atoms with Crippen LogP contribution in [0.4, 0.5) is 0 Å². The number of aryl methyl sites for hydroxylation is 1. The molecule has 0 aromatic heterocycles. The SMILES string of the molecule is Cc1ccc(C(=O)N(C)CCCCCO)cc1O. The van der Waals surface area contributed by atoms with Gasteiger partial charge in [-0.05, 0) is 43.9 Å². The van der Waals surface area contributed by atoms with Crippen molar-refractivity contribution in [3.63, 3.8) is 0 Å². The number of carbonyl (C=O) groups is 1. The van der Waals surface area contributed by atoms with Crippen LogP contribution in [0.25, 0.3) is 0 Å². The molecule has 100 valence electrons. The minimum atomic E-state index is -0.0886. The molecular formula is C14H21NO3. The van der Waals surface area contributed by atoms with Crippen molar-refractivity contribution in [3.05, 3.63) is 29.3 Å². The third-order valence-corrected chi connectivity index (χ3v) is 2.95. The molecule has 0 aliphatic rings. The number of nitrogens with zero attached hydrogens (tertiary/aromatic N) is 1. The monoisotopic (exact) mass is 251 g/mol. The summed E-state index contributed by atoms with van der Waals surface area (Å²) >= 11 is 0. The molecule has 18 heavy (non-hydrogen) atoms. The Balaban J connectivity index is 2.54. The van der Waals surface area contributed by atoms with Gasteiger partial charge in [-0.3, -0.25) is 4.79 Å². The van der Waals surface area contributed by atoms with Crippen molar-refractivity contribution in [2.75, 3.05) is 20.2 Å². The largest absolute Gasteiger partial charge is 0.508 e. The summed E-state index contributed by atoms with van der Waals surface area (Å²) in [5, 5.41) is 18.2. The molecule has 2 N–H and O–H groups in total. The summed E-state index contributed by atoms with van der Waals surface area (Å²) in [6.45, 7) is 2.65. The van der Waals surface area contributed by atoms with E-state index in [9.17, 15) is 9.90 Å². The quantitative estimate of drug-likeness (QED) is 0.759. The van der Waals surface area contributed by atoms with Gasteiger partial charge < -0.3 is 15.1 Å². The number of hydrogen-bond donors (Lipinski definition) is 2. The first-order valence-electron chi connectivity index (χ1n) is 6.22. The van der Waals surface area contributed by atoms with Gasteiger partial charge in [0.2, 0.25) is 0 Å². The molecule has 0 saturated carbocycles. The van der Waals surface area contributed by atoms with Crippen LogP contribution in [-0.2, 0) is 0 Å². The summed E-state index contributed by atoms with van der Waals surface area (Å²) in [4.78, 5) is 13.7. The zero-order valence-corrected chi connectivity index (χ0v) is 11.0. The summed E-state index contributed by atoms with van der Waals surface area (Å²) in [5.41, 5.74) is 1.26. The lowest BCUT2D eigenvalue weighted by Gasteiger charge is -2.17. The third-order valence-electron chi connectivity index (χ3n) is 2.95. The van der Waals surface area contributed by atoms with Gasteiger partial charge in [0, 0.05) is 25.8 Å². The highest BCUT2D eigenvalue weighted by Gasteiger charge is 2.12. The number of carbonyl (C=O) groups excluding carboxylic acids is 1. The lowest BCUT2D eigenvalue weighted by molar-refractivity contribution is 0.0791. The molecule has 0 spiro atoms. The average molecular weight is 251 g/mol. The van der Waals surface area contributed by atoms with E-state index < -0.39 is 0 Å². The number of unbranched alkanes of at least 4 members (excludes halogenated alkanes) is 2. The Morgan fingerprint density at radius 1 is 1.28 bits per heavy atom.